The van der Waals surface area contributed by atoms with Crippen molar-refractivity contribution >= 4 is 37.7 Å². The zero-order valence-corrected chi connectivity index (χ0v) is 24.6. The van der Waals surface area contributed by atoms with Crippen molar-refractivity contribution in [2.75, 3.05) is 38.5 Å². The number of sulfonamides is 1. The molecule has 11 heteroatoms. The lowest BCUT2D eigenvalue weighted by Gasteiger charge is -2.32. The van der Waals surface area contributed by atoms with E-state index in [4.69, 9.17) is 9.47 Å². The Hall–Kier alpha value is -1.95. The summed E-state index contributed by atoms with van der Waals surface area (Å²) in [6, 6.07) is 6.30. The van der Waals surface area contributed by atoms with Gasteiger partial charge in [-0.05, 0) is 75.5 Å². The van der Waals surface area contributed by atoms with Gasteiger partial charge in [0.1, 0.15) is 6.10 Å². The lowest BCUT2D eigenvalue weighted by atomic mass is 9.86. The van der Waals surface area contributed by atoms with Gasteiger partial charge in [-0.1, -0.05) is 23.8 Å². The Labute approximate surface area is 235 Å². The van der Waals surface area contributed by atoms with E-state index in [1.54, 1.807) is 34.4 Å². The second kappa shape index (κ2) is 11.9. The van der Waals surface area contributed by atoms with E-state index in [0.717, 1.165) is 35.9 Å². The molecule has 0 unspecified atom stereocenters. The summed E-state index contributed by atoms with van der Waals surface area (Å²) in [5.41, 5.74) is 1.13. The van der Waals surface area contributed by atoms with Gasteiger partial charge in [0.15, 0.2) is 0 Å². The van der Waals surface area contributed by atoms with Crippen molar-refractivity contribution in [1.29, 1.82) is 0 Å². The van der Waals surface area contributed by atoms with Gasteiger partial charge in [0.25, 0.3) is 5.19 Å². The average molecular weight is 580 g/mol. The quantitative estimate of drug-likeness (QED) is 0.457. The topological polar surface area (TPSA) is 109 Å². The van der Waals surface area contributed by atoms with Crippen molar-refractivity contribution in [3.63, 3.8) is 0 Å². The van der Waals surface area contributed by atoms with Crippen LogP contribution in [0.15, 0.2) is 18.2 Å². The fourth-order valence-corrected chi connectivity index (χ4v) is 8.15. The van der Waals surface area contributed by atoms with E-state index >= 15 is 0 Å². The molecule has 39 heavy (non-hydrogen) atoms. The average Bonchev–Trinajstić information content (AvgIpc) is 3.28. The number of aliphatic hydroxyl groups is 1. The van der Waals surface area contributed by atoms with Gasteiger partial charge in [-0.25, -0.2) is 22.5 Å². The number of fused-ring (bicyclic) bond motifs is 1. The molecule has 5 rings (SSSR count). The van der Waals surface area contributed by atoms with Crippen LogP contribution in [0, 0.1) is 5.92 Å². The normalized spacial score (nSPS) is 20.7. The van der Waals surface area contributed by atoms with Crippen LogP contribution in [0.25, 0.3) is 10.2 Å². The maximum atomic E-state index is 12.7. The molecule has 1 N–H and O–H groups in total. The first-order chi connectivity index (χ1) is 18.6. The van der Waals surface area contributed by atoms with Crippen LogP contribution >= 0.6 is 11.3 Å². The molecule has 0 spiro atoms. The minimum absolute atomic E-state index is 0.0275. The molecule has 2 aliphatic heterocycles. The molecule has 1 aliphatic carbocycles. The number of aromatic nitrogens is 1. The third-order valence-corrected chi connectivity index (χ3v) is 11.1. The number of carbonyl (C=O) groups excluding carboxylic acids is 1. The van der Waals surface area contributed by atoms with Gasteiger partial charge in [-0.2, -0.15) is 0 Å². The number of hydrogen-bond acceptors (Lipinski definition) is 8. The van der Waals surface area contributed by atoms with Crippen molar-refractivity contribution in [3.8, 4) is 5.19 Å². The van der Waals surface area contributed by atoms with E-state index in [2.05, 4.69) is 17.1 Å². The second-order valence-corrected chi connectivity index (χ2v) is 15.0. The maximum Gasteiger partial charge on any atom is 0.409 e. The van der Waals surface area contributed by atoms with E-state index in [1.165, 1.54) is 24.8 Å². The minimum Gasteiger partial charge on any atom is -0.467 e. The summed E-state index contributed by atoms with van der Waals surface area (Å²) in [7, 11) is -3.36. The number of ether oxygens (including phenoxy) is 2. The van der Waals surface area contributed by atoms with E-state index in [-0.39, 0.29) is 24.4 Å². The van der Waals surface area contributed by atoms with Crippen molar-refractivity contribution in [1.82, 2.24) is 14.2 Å². The zero-order valence-electron chi connectivity index (χ0n) is 23.0. The fourth-order valence-electron chi connectivity index (χ4n) is 5.44. The van der Waals surface area contributed by atoms with E-state index in [9.17, 15) is 18.3 Å². The molecule has 1 aromatic carbocycles. The summed E-state index contributed by atoms with van der Waals surface area (Å²) in [6.45, 7) is 6.09. The summed E-state index contributed by atoms with van der Waals surface area (Å²) < 4.78 is 39.7. The SMILES string of the molecule is CC(C)(O)CCS(=O)(=O)N1CCC(c2ccc3nc(OC4CCN(C(=O)OCC5CCC5)CC4)sc3c2)CC1. The molecular formula is C28H41N3O6S2. The lowest BCUT2D eigenvalue weighted by Crippen LogP contribution is -2.42. The van der Waals surface area contributed by atoms with Crippen LogP contribution in [-0.2, 0) is 14.8 Å². The van der Waals surface area contributed by atoms with Crippen LogP contribution in [0.3, 0.4) is 0 Å². The molecule has 1 aromatic heterocycles. The number of rotatable bonds is 9. The Morgan fingerprint density at radius 2 is 1.82 bits per heavy atom. The summed E-state index contributed by atoms with van der Waals surface area (Å²) in [6.07, 6.45) is 6.71. The Kier molecular flexibility index (Phi) is 8.71. The first-order valence-electron chi connectivity index (χ1n) is 14.2. The summed E-state index contributed by atoms with van der Waals surface area (Å²) in [5, 5.41) is 10.6. The van der Waals surface area contributed by atoms with Gasteiger partial charge in [0, 0.05) is 39.0 Å². The Bertz CT molecular complexity index is 1240. The Balaban J connectivity index is 1.11. The first kappa shape index (κ1) is 28.6. The predicted molar refractivity (Wildman–Crippen MR) is 152 cm³/mol. The van der Waals surface area contributed by atoms with Gasteiger partial charge in [0.2, 0.25) is 10.0 Å². The number of piperidine rings is 2. The van der Waals surface area contributed by atoms with Crippen LogP contribution < -0.4 is 4.74 Å². The van der Waals surface area contributed by atoms with Crippen LogP contribution in [0.5, 0.6) is 5.19 Å². The van der Waals surface area contributed by atoms with Crippen LogP contribution in [0.2, 0.25) is 0 Å². The molecule has 3 fully saturated rings. The van der Waals surface area contributed by atoms with Crippen LogP contribution in [-0.4, -0.2) is 84.1 Å². The molecule has 9 nitrogen and oxygen atoms in total. The molecular weight excluding hydrogens is 538 g/mol. The molecule has 2 saturated heterocycles. The molecule has 0 atom stereocenters. The summed E-state index contributed by atoms with van der Waals surface area (Å²) in [4.78, 5) is 18.8. The van der Waals surface area contributed by atoms with Crippen molar-refractivity contribution in [3.05, 3.63) is 23.8 Å². The minimum atomic E-state index is -3.36. The molecule has 3 aliphatic rings. The Morgan fingerprint density at radius 1 is 1.10 bits per heavy atom. The monoisotopic (exact) mass is 579 g/mol. The van der Waals surface area contributed by atoms with Crippen molar-refractivity contribution in [2.45, 2.75) is 82.8 Å². The number of thiazole rings is 1. The van der Waals surface area contributed by atoms with E-state index in [1.807, 2.05) is 6.07 Å². The largest absolute Gasteiger partial charge is 0.467 e. The van der Waals surface area contributed by atoms with Crippen LogP contribution in [0.4, 0.5) is 4.79 Å². The zero-order chi connectivity index (χ0) is 27.6. The molecule has 216 valence electrons. The molecule has 0 bridgehead atoms. The first-order valence-corrected chi connectivity index (χ1v) is 16.7. The highest BCUT2D eigenvalue weighted by Gasteiger charge is 2.31. The van der Waals surface area contributed by atoms with E-state index < -0.39 is 15.6 Å². The highest BCUT2D eigenvalue weighted by Crippen LogP contribution is 2.35. The number of hydrogen-bond donors (Lipinski definition) is 1. The van der Waals surface area contributed by atoms with Gasteiger partial charge in [-0.3, -0.25) is 0 Å². The molecule has 1 saturated carbocycles. The van der Waals surface area contributed by atoms with Gasteiger partial charge in [-0.15, -0.1) is 0 Å². The van der Waals surface area contributed by atoms with Crippen LogP contribution in [0.1, 0.15) is 76.7 Å². The second-order valence-electron chi connectivity index (χ2n) is 11.9. The lowest BCUT2D eigenvalue weighted by molar-refractivity contribution is 0.0500. The summed E-state index contributed by atoms with van der Waals surface area (Å²) >= 11 is 1.54. The molecule has 2 aromatic rings. The summed E-state index contributed by atoms with van der Waals surface area (Å²) in [5.74, 6) is 0.823. The number of carbonyl (C=O) groups is 1. The predicted octanol–water partition coefficient (Wildman–Crippen LogP) is 4.75. The number of benzene rings is 1. The van der Waals surface area contributed by atoms with Crippen molar-refractivity contribution < 1.29 is 27.8 Å². The van der Waals surface area contributed by atoms with E-state index in [0.29, 0.717) is 49.8 Å². The third-order valence-electron chi connectivity index (χ3n) is 8.32. The Morgan fingerprint density at radius 3 is 2.46 bits per heavy atom. The molecule has 1 amide bonds. The fraction of sp³-hybridized carbons (Fsp3) is 0.714. The number of likely N-dealkylation sites (tertiary alicyclic amines) is 1. The molecule has 0 radical (unpaired) electrons. The highest BCUT2D eigenvalue weighted by atomic mass is 32.2. The molecule has 3 heterocycles. The smallest absolute Gasteiger partial charge is 0.409 e. The number of amides is 1. The maximum absolute atomic E-state index is 12.7. The third kappa shape index (κ3) is 7.42. The number of nitrogens with zero attached hydrogens (tertiary/aromatic N) is 3. The van der Waals surface area contributed by atoms with Crippen molar-refractivity contribution in [2.24, 2.45) is 5.92 Å². The van der Waals surface area contributed by atoms with Gasteiger partial charge in [0.05, 0.1) is 28.2 Å². The van der Waals surface area contributed by atoms with Gasteiger partial charge < -0.3 is 19.5 Å². The standard InChI is InChI=1S/C28H41N3O6S2/c1-28(2,33)12-17-39(34,35)31-15-8-21(9-16-31)22-6-7-24-25(18-22)38-26(29-24)37-23-10-13-30(14-11-23)27(32)36-19-20-4-3-5-20/h6-7,18,20-21,23,33H,3-5,8-17,19H2,1-2H3. The van der Waals surface area contributed by atoms with Gasteiger partial charge >= 0.3 is 6.09 Å². The highest BCUT2D eigenvalue weighted by molar-refractivity contribution is 7.89.